The van der Waals surface area contributed by atoms with Gasteiger partial charge in [0.05, 0.1) is 19.4 Å². The van der Waals surface area contributed by atoms with E-state index in [1.165, 1.54) is 0 Å². The highest BCUT2D eigenvalue weighted by atomic mass is 16.5. The van der Waals surface area contributed by atoms with Crippen molar-refractivity contribution in [2.24, 2.45) is 0 Å². The molecule has 7 heteroatoms. The van der Waals surface area contributed by atoms with Crippen molar-refractivity contribution < 1.29 is 8.94 Å². The Labute approximate surface area is 115 Å². The van der Waals surface area contributed by atoms with E-state index >= 15 is 0 Å². The van der Waals surface area contributed by atoms with Gasteiger partial charge in [-0.15, -0.1) is 0 Å². The second-order valence-corrected chi connectivity index (χ2v) is 4.50. The molecule has 0 aliphatic carbocycles. The van der Waals surface area contributed by atoms with Crippen LogP contribution >= 0.6 is 0 Å². The molecule has 0 radical (unpaired) electrons. The Kier molecular flexibility index (Phi) is 3.60. The highest BCUT2D eigenvalue weighted by molar-refractivity contribution is 5.44. The number of hydrogen-bond acceptors (Lipinski definition) is 6. The summed E-state index contributed by atoms with van der Waals surface area (Å²) in [5.74, 6) is 1.60. The van der Waals surface area contributed by atoms with Crippen LogP contribution in [-0.4, -0.2) is 26.0 Å². The summed E-state index contributed by atoms with van der Waals surface area (Å²) in [7, 11) is 0. The first kappa shape index (κ1) is 12.6. The molecule has 0 aliphatic rings. The maximum atomic E-state index is 5.21. The molecule has 0 aromatic carbocycles. The van der Waals surface area contributed by atoms with Gasteiger partial charge in [-0.2, -0.15) is 10.1 Å². The van der Waals surface area contributed by atoms with Crippen molar-refractivity contribution in [3.63, 3.8) is 0 Å². The molecule has 0 spiro atoms. The molecule has 0 saturated carbocycles. The summed E-state index contributed by atoms with van der Waals surface area (Å²) < 4.78 is 12.3. The minimum Gasteiger partial charge on any atom is -0.461 e. The van der Waals surface area contributed by atoms with Gasteiger partial charge in [0.25, 0.3) is 0 Å². The molecule has 20 heavy (non-hydrogen) atoms. The Morgan fingerprint density at radius 2 is 2.35 bits per heavy atom. The molecule has 3 aromatic heterocycles. The van der Waals surface area contributed by atoms with Gasteiger partial charge in [0, 0.05) is 18.4 Å². The average Bonchev–Trinajstić information content (AvgIpc) is 3.18. The number of furan rings is 1. The van der Waals surface area contributed by atoms with Crippen molar-refractivity contribution in [2.75, 3.05) is 0 Å². The Balaban J connectivity index is 1.53. The van der Waals surface area contributed by atoms with E-state index in [1.807, 2.05) is 16.9 Å². The van der Waals surface area contributed by atoms with Gasteiger partial charge in [0.1, 0.15) is 0 Å². The lowest BCUT2D eigenvalue weighted by Crippen LogP contribution is -2.30. The van der Waals surface area contributed by atoms with Crippen molar-refractivity contribution in [1.82, 2.24) is 25.2 Å². The lowest BCUT2D eigenvalue weighted by molar-refractivity contribution is 0.350. The normalized spacial score (nSPS) is 12.7. The van der Waals surface area contributed by atoms with Crippen molar-refractivity contribution in [2.45, 2.75) is 26.1 Å². The van der Waals surface area contributed by atoms with Crippen LogP contribution in [-0.2, 0) is 13.1 Å². The van der Waals surface area contributed by atoms with Crippen LogP contribution in [0.5, 0.6) is 0 Å². The third-order valence-electron chi connectivity index (χ3n) is 2.83. The quantitative estimate of drug-likeness (QED) is 0.736. The molecule has 104 valence electrons. The molecule has 3 heterocycles. The van der Waals surface area contributed by atoms with E-state index in [9.17, 15) is 0 Å². The zero-order valence-corrected chi connectivity index (χ0v) is 11.1. The summed E-state index contributed by atoms with van der Waals surface area (Å²) in [6, 6.07) is 5.73. The third kappa shape index (κ3) is 2.94. The molecule has 0 bridgehead atoms. The van der Waals surface area contributed by atoms with Crippen LogP contribution in [0.4, 0.5) is 0 Å². The van der Waals surface area contributed by atoms with E-state index in [1.54, 1.807) is 24.6 Å². The predicted molar refractivity (Wildman–Crippen MR) is 70.5 cm³/mol. The van der Waals surface area contributed by atoms with Crippen LogP contribution in [0.15, 0.2) is 45.8 Å². The minimum absolute atomic E-state index is 0.244. The van der Waals surface area contributed by atoms with Gasteiger partial charge in [0.2, 0.25) is 11.7 Å². The van der Waals surface area contributed by atoms with Gasteiger partial charge < -0.3 is 14.3 Å². The molecule has 1 N–H and O–H groups in total. The molecular formula is C13H15N5O2. The Morgan fingerprint density at radius 1 is 1.40 bits per heavy atom. The van der Waals surface area contributed by atoms with Crippen LogP contribution in [0.2, 0.25) is 0 Å². The lowest BCUT2D eigenvalue weighted by atomic mass is 10.3. The van der Waals surface area contributed by atoms with Crippen LogP contribution < -0.4 is 5.32 Å². The number of rotatable bonds is 6. The maximum absolute atomic E-state index is 5.21. The van der Waals surface area contributed by atoms with Crippen LogP contribution in [0.3, 0.4) is 0 Å². The largest absolute Gasteiger partial charge is 0.461 e. The Hall–Kier alpha value is -2.41. The molecule has 3 rings (SSSR count). The monoisotopic (exact) mass is 273 g/mol. The molecule has 0 amide bonds. The summed E-state index contributed by atoms with van der Waals surface area (Å²) in [4.78, 5) is 4.27. The predicted octanol–water partition coefficient (Wildman–Crippen LogP) is 1.70. The van der Waals surface area contributed by atoms with Crippen LogP contribution in [0.25, 0.3) is 11.6 Å². The van der Waals surface area contributed by atoms with Crippen LogP contribution in [0, 0.1) is 0 Å². The fourth-order valence-corrected chi connectivity index (χ4v) is 1.85. The van der Waals surface area contributed by atoms with Crippen molar-refractivity contribution in [3.05, 3.63) is 42.7 Å². The van der Waals surface area contributed by atoms with E-state index in [-0.39, 0.29) is 6.04 Å². The molecule has 0 aliphatic heterocycles. The van der Waals surface area contributed by atoms with Gasteiger partial charge in [-0.05, 0) is 25.1 Å². The lowest BCUT2D eigenvalue weighted by Gasteiger charge is -2.11. The van der Waals surface area contributed by atoms with Gasteiger partial charge in [-0.25, -0.2) is 0 Å². The first-order chi connectivity index (χ1) is 9.81. The Bertz CT molecular complexity index is 630. The van der Waals surface area contributed by atoms with Crippen molar-refractivity contribution in [1.29, 1.82) is 0 Å². The minimum atomic E-state index is 0.244. The van der Waals surface area contributed by atoms with E-state index < -0.39 is 0 Å². The molecule has 0 fully saturated rings. The molecule has 3 aromatic rings. The summed E-state index contributed by atoms with van der Waals surface area (Å²) in [6.45, 7) is 3.37. The van der Waals surface area contributed by atoms with Crippen LogP contribution in [0.1, 0.15) is 12.8 Å². The molecule has 1 atom stereocenters. The van der Waals surface area contributed by atoms with Gasteiger partial charge >= 0.3 is 0 Å². The standard InChI is InChI=1S/C13H15N5O2/c1-10(9-18-6-3-5-15-18)14-8-12-16-13(17-20-12)11-4-2-7-19-11/h2-7,10,14H,8-9H2,1H3. The second kappa shape index (κ2) is 5.70. The number of nitrogens with one attached hydrogen (secondary N) is 1. The number of nitrogens with zero attached hydrogens (tertiary/aromatic N) is 4. The van der Waals surface area contributed by atoms with Crippen molar-refractivity contribution in [3.8, 4) is 11.6 Å². The summed E-state index contributed by atoms with van der Waals surface area (Å²) >= 11 is 0. The highest BCUT2D eigenvalue weighted by Gasteiger charge is 2.11. The SMILES string of the molecule is CC(Cn1cccn1)NCc1nc(-c2ccco2)no1. The summed E-state index contributed by atoms with van der Waals surface area (Å²) in [5.41, 5.74) is 0. The van der Waals surface area contributed by atoms with E-state index in [0.29, 0.717) is 24.0 Å². The van der Waals surface area contributed by atoms with Gasteiger partial charge in [-0.1, -0.05) is 5.16 Å². The topological polar surface area (TPSA) is 81.9 Å². The van der Waals surface area contributed by atoms with E-state index in [0.717, 1.165) is 6.54 Å². The highest BCUT2D eigenvalue weighted by Crippen LogP contribution is 2.15. The number of hydrogen-bond donors (Lipinski definition) is 1. The van der Waals surface area contributed by atoms with Gasteiger partial charge in [-0.3, -0.25) is 4.68 Å². The molecule has 1 unspecified atom stereocenters. The summed E-state index contributed by atoms with van der Waals surface area (Å²) in [6.07, 6.45) is 5.27. The third-order valence-corrected chi connectivity index (χ3v) is 2.83. The van der Waals surface area contributed by atoms with Gasteiger partial charge in [0.15, 0.2) is 5.76 Å². The maximum Gasteiger partial charge on any atom is 0.241 e. The molecule has 7 nitrogen and oxygen atoms in total. The Morgan fingerprint density at radius 3 is 3.10 bits per heavy atom. The zero-order valence-electron chi connectivity index (χ0n) is 11.1. The first-order valence-electron chi connectivity index (χ1n) is 6.38. The van der Waals surface area contributed by atoms with Crippen molar-refractivity contribution >= 4 is 0 Å². The number of aromatic nitrogens is 4. The molecule has 0 saturated heterocycles. The summed E-state index contributed by atoms with van der Waals surface area (Å²) in [5, 5.41) is 11.3. The second-order valence-electron chi connectivity index (χ2n) is 4.50. The van der Waals surface area contributed by atoms with E-state index in [4.69, 9.17) is 8.94 Å². The first-order valence-corrected chi connectivity index (χ1v) is 6.38. The smallest absolute Gasteiger partial charge is 0.241 e. The average molecular weight is 273 g/mol. The zero-order chi connectivity index (χ0) is 13.8. The van der Waals surface area contributed by atoms with E-state index in [2.05, 4.69) is 27.5 Å². The fraction of sp³-hybridized carbons (Fsp3) is 0.308. The molecular weight excluding hydrogens is 258 g/mol. The fourth-order valence-electron chi connectivity index (χ4n) is 1.85.